The van der Waals surface area contributed by atoms with E-state index in [1.807, 2.05) is 29.6 Å². The molecule has 2 aromatic heterocycles. The number of imidazole rings is 1. The summed E-state index contributed by atoms with van der Waals surface area (Å²) in [6, 6.07) is 6.42. The summed E-state index contributed by atoms with van der Waals surface area (Å²) in [7, 11) is 3.92. The molecule has 4 rings (SSSR count). The van der Waals surface area contributed by atoms with Crippen LogP contribution in [0.2, 0.25) is 0 Å². The van der Waals surface area contributed by atoms with Crippen LogP contribution in [0.4, 0.5) is 0 Å². The number of nitrogens with zero attached hydrogens (tertiary/aromatic N) is 6. The molecule has 1 unspecified atom stereocenters. The van der Waals surface area contributed by atoms with Gasteiger partial charge in [0.2, 0.25) is 0 Å². The third-order valence-corrected chi connectivity index (χ3v) is 5.12. The van der Waals surface area contributed by atoms with Crippen LogP contribution < -0.4 is 0 Å². The van der Waals surface area contributed by atoms with Crippen LogP contribution in [-0.4, -0.2) is 53.0 Å². The molecule has 1 saturated heterocycles. The third-order valence-electron chi connectivity index (χ3n) is 5.12. The Bertz CT molecular complexity index is 885. The fourth-order valence-electron chi connectivity index (χ4n) is 3.79. The van der Waals surface area contributed by atoms with Crippen LogP contribution in [0.3, 0.4) is 0 Å². The molecular weight excluding hydrogens is 316 g/mol. The van der Waals surface area contributed by atoms with Crippen molar-refractivity contribution < 1.29 is 5.11 Å². The lowest BCUT2D eigenvalue weighted by Gasteiger charge is -2.39. The zero-order valence-corrected chi connectivity index (χ0v) is 14.8. The van der Waals surface area contributed by atoms with Gasteiger partial charge >= 0.3 is 0 Å². The Hall–Kier alpha value is -2.25. The Morgan fingerprint density at radius 3 is 2.88 bits per heavy atom. The van der Waals surface area contributed by atoms with Crippen molar-refractivity contribution in [3.05, 3.63) is 42.2 Å². The molecule has 1 N–H and O–H groups in total. The number of likely N-dealkylation sites (tertiary alicyclic amines) is 1. The first kappa shape index (κ1) is 16.2. The van der Waals surface area contributed by atoms with Gasteiger partial charge in [0, 0.05) is 33.6 Å². The Balaban J connectivity index is 1.47. The zero-order valence-electron chi connectivity index (χ0n) is 14.8. The number of rotatable bonds is 4. The summed E-state index contributed by atoms with van der Waals surface area (Å²) in [6.45, 7) is 2.48. The van der Waals surface area contributed by atoms with Crippen molar-refractivity contribution in [2.45, 2.75) is 31.4 Å². The number of hydrogen-bond donors (Lipinski definition) is 1. The van der Waals surface area contributed by atoms with Gasteiger partial charge in [-0.1, -0.05) is 6.07 Å². The van der Waals surface area contributed by atoms with E-state index in [-0.39, 0.29) is 0 Å². The first-order valence-corrected chi connectivity index (χ1v) is 8.70. The fraction of sp³-hybridized carbons (Fsp3) is 0.500. The van der Waals surface area contributed by atoms with E-state index in [0.717, 1.165) is 42.8 Å². The minimum Gasteiger partial charge on any atom is -0.388 e. The van der Waals surface area contributed by atoms with Gasteiger partial charge < -0.3 is 14.2 Å². The van der Waals surface area contributed by atoms with Crippen molar-refractivity contribution in [2.24, 2.45) is 14.1 Å². The van der Waals surface area contributed by atoms with Crippen LogP contribution in [0.25, 0.3) is 11.0 Å². The van der Waals surface area contributed by atoms with Crippen LogP contribution in [-0.2, 0) is 27.1 Å². The molecule has 0 saturated carbocycles. The van der Waals surface area contributed by atoms with Gasteiger partial charge in [0.25, 0.3) is 0 Å². The summed E-state index contributed by atoms with van der Waals surface area (Å²) < 4.78 is 3.91. The van der Waals surface area contributed by atoms with E-state index in [1.54, 1.807) is 6.33 Å². The number of fused-ring (bicyclic) bond motifs is 1. The molecule has 1 aliphatic heterocycles. The number of aromatic nitrogens is 5. The van der Waals surface area contributed by atoms with Crippen LogP contribution in [0.1, 0.15) is 24.2 Å². The first-order valence-electron chi connectivity index (χ1n) is 8.70. The topological polar surface area (TPSA) is 72.0 Å². The predicted octanol–water partition coefficient (Wildman–Crippen LogP) is 1.27. The molecule has 0 spiro atoms. The minimum absolute atomic E-state index is 0.541. The van der Waals surface area contributed by atoms with E-state index in [4.69, 9.17) is 0 Å². The molecule has 7 nitrogen and oxygen atoms in total. The molecule has 1 fully saturated rings. The van der Waals surface area contributed by atoms with Crippen molar-refractivity contribution in [3.63, 3.8) is 0 Å². The Labute approximate surface area is 146 Å². The Kier molecular flexibility index (Phi) is 4.05. The number of aryl methyl sites for hydroxylation is 2. The van der Waals surface area contributed by atoms with E-state index >= 15 is 0 Å². The summed E-state index contributed by atoms with van der Waals surface area (Å²) in [5, 5.41) is 19.1. The summed E-state index contributed by atoms with van der Waals surface area (Å²) >= 11 is 0. The summed E-state index contributed by atoms with van der Waals surface area (Å²) in [4.78, 5) is 6.76. The number of hydrogen-bond acceptors (Lipinski definition) is 5. The van der Waals surface area contributed by atoms with Gasteiger partial charge in [-0.3, -0.25) is 4.90 Å². The minimum atomic E-state index is -0.742. The van der Waals surface area contributed by atoms with Crippen molar-refractivity contribution in [1.29, 1.82) is 0 Å². The van der Waals surface area contributed by atoms with E-state index in [9.17, 15) is 5.11 Å². The van der Waals surface area contributed by atoms with Crippen LogP contribution in [0.5, 0.6) is 0 Å². The van der Waals surface area contributed by atoms with E-state index < -0.39 is 5.60 Å². The highest BCUT2D eigenvalue weighted by Crippen LogP contribution is 2.26. The lowest BCUT2D eigenvalue weighted by molar-refractivity contribution is -0.0344. The van der Waals surface area contributed by atoms with Gasteiger partial charge in [0.1, 0.15) is 12.2 Å². The number of benzene rings is 1. The zero-order chi connectivity index (χ0) is 17.4. The average molecular weight is 340 g/mol. The number of aliphatic hydroxyl groups is 1. The SMILES string of the molecule is Cn1cnnc1CC1(O)CCCN(Cc2ccc3c(c2)ncn3C)C1. The van der Waals surface area contributed by atoms with Crippen molar-refractivity contribution in [2.75, 3.05) is 13.1 Å². The normalized spacial score (nSPS) is 21.9. The van der Waals surface area contributed by atoms with Crippen LogP contribution in [0.15, 0.2) is 30.9 Å². The molecule has 3 heterocycles. The predicted molar refractivity (Wildman–Crippen MR) is 94.9 cm³/mol. The van der Waals surface area contributed by atoms with E-state index in [1.165, 1.54) is 5.56 Å². The second-order valence-electron chi connectivity index (χ2n) is 7.25. The maximum atomic E-state index is 11.1. The number of piperidine rings is 1. The van der Waals surface area contributed by atoms with Crippen molar-refractivity contribution >= 4 is 11.0 Å². The largest absolute Gasteiger partial charge is 0.388 e. The molecule has 0 amide bonds. The molecule has 132 valence electrons. The lowest BCUT2D eigenvalue weighted by atomic mass is 9.89. The smallest absolute Gasteiger partial charge is 0.135 e. The second kappa shape index (κ2) is 6.24. The maximum Gasteiger partial charge on any atom is 0.135 e. The highest BCUT2D eigenvalue weighted by molar-refractivity contribution is 5.75. The van der Waals surface area contributed by atoms with Crippen molar-refractivity contribution in [1.82, 2.24) is 29.2 Å². The Morgan fingerprint density at radius 1 is 1.20 bits per heavy atom. The monoisotopic (exact) mass is 340 g/mol. The van der Waals surface area contributed by atoms with Crippen molar-refractivity contribution in [3.8, 4) is 0 Å². The molecule has 1 atom stereocenters. The van der Waals surface area contributed by atoms with Gasteiger partial charge in [-0.05, 0) is 37.1 Å². The molecule has 0 aliphatic carbocycles. The van der Waals surface area contributed by atoms with Gasteiger partial charge in [-0.25, -0.2) is 4.98 Å². The maximum absolute atomic E-state index is 11.1. The van der Waals surface area contributed by atoms with Gasteiger partial charge in [-0.2, -0.15) is 0 Å². The average Bonchev–Trinajstić information content (AvgIpc) is 3.13. The van der Waals surface area contributed by atoms with Gasteiger partial charge in [-0.15, -0.1) is 10.2 Å². The highest BCUT2D eigenvalue weighted by Gasteiger charge is 2.34. The summed E-state index contributed by atoms with van der Waals surface area (Å²) in [6.07, 6.45) is 5.85. The molecule has 1 aromatic carbocycles. The Morgan fingerprint density at radius 2 is 2.08 bits per heavy atom. The fourth-order valence-corrected chi connectivity index (χ4v) is 3.79. The summed E-state index contributed by atoms with van der Waals surface area (Å²) in [5.74, 6) is 0.833. The first-order chi connectivity index (χ1) is 12.0. The van der Waals surface area contributed by atoms with E-state index in [2.05, 4.69) is 38.3 Å². The number of β-amino-alcohol motifs (C(OH)–C–C–N with tert-alkyl or cyclic N) is 1. The molecule has 1 aliphatic rings. The van der Waals surface area contributed by atoms with Crippen LogP contribution >= 0.6 is 0 Å². The molecule has 7 heteroatoms. The second-order valence-corrected chi connectivity index (χ2v) is 7.25. The van der Waals surface area contributed by atoms with Crippen LogP contribution in [0, 0.1) is 0 Å². The molecule has 0 bridgehead atoms. The van der Waals surface area contributed by atoms with Gasteiger partial charge in [0.05, 0.1) is 23.0 Å². The van der Waals surface area contributed by atoms with E-state index in [0.29, 0.717) is 13.0 Å². The summed E-state index contributed by atoms with van der Waals surface area (Å²) in [5.41, 5.74) is 2.65. The standard InChI is InChI=1S/C18H24N6O/c1-22-12-19-15-8-14(4-5-16(15)22)10-24-7-3-6-18(25,11-24)9-17-21-20-13-23(17)2/h4-5,8,12-13,25H,3,6-7,9-11H2,1-2H3. The molecule has 0 radical (unpaired) electrons. The quantitative estimate of drug-likeness (QED) is 0.774. The lowest BCUT2D eigenvalue weighted by Crippen LogP contribution is -2.49. The third kappa shape index (κ3) is 3.29. The molecule has 3 aromatic rings. The highest BCUT2D eigenvalue weighted by atomic mass is 16.3. The molecule has 25 heavy (non-hydrogen) atoms. The molecular formula is C18H24N6O. The van der Waals surface area contributed by atoms with Gasteiger partial charge in [0.15, 0.2) is 0 Å².